The van der Waals surface area contributed by atoms with Crippen LogP contribution >= 0.6 is 0 Å². The van der Waals surface area contributed by atoms with Gasteiger partial charge in [-0.15, -0.1) is 0 Å². The molecule has 0 aliphatic rings. The summed E-state index contributed by atoms with van der Waals surface area (Å²) in [4.78, 5) is 11.6. The van der Waals surface area contributed by atoms with Gasteiger partial charge in [-0.1, -0.05) is 36.4 Å². The van der Waals surface area contributed by atoms with Crippen molar-refractivity contribution in [1.29, 1.82) is 0 Å². The number of esters is 1. The third-order valence-electron chi connectivity index (χ3n) is 2.52. The molecule has 1 rings (SSSR count). The van der Waals surface area contributed by atoms with Gasteiger partial charge < -0.3 is 4.74 Å². The highest BCUT2D eigenvalue weighted by Crippen LogP contribution is 2.21. The van der Waals surface area contributed by atoms with Crippen molar-refractivity contribution in [3.8, 4) is 0 Å². The van der Waals surface area contributed by atoms with Crippen molar-refractivity contribution in [2.75, 3.05) is 6.61 Å². The highest BCUT2D eigenvalue weighted by atomic mass is 16.5. The fourth-order valence-electron chi connectivity index (χ4n) is 1.48. The van der Waals surface area contributed by atoms with Crippen molar-refractivity contribution >= 4 is 11.5 Å². The standard InChI is InChI=1S/C14H18O2/c1-5-16-14(15)11(4)13-8-6-7-12(9-13)10(2)3/h6-9,11H,2,5H2,1,3-4H3. The largest absolute Gasteiger partial charge is 0.466 e. The molecular weight excluding hydrogens is 200 g/mol. The maximum atomic E-state index is 11.6. The van der Waals surface area contributed by atoms with Crippen LogP contribution in [0.15, 0.2) is 30.8 Å². The fourth-order valence-corrected chi connectivity index (χ4v) is 1.48. The summed E-state index contributed by atoms with van der Waals surface area (Å²) in [6.45, 7) is 9.93. The predicted octanol–water partition coefficient (Wildman–Crippen LogP) is 3.39. The minimum atomic E-state index is -0.223. The quantitative estimate of drug-likeness (QED) is 0.724. The minimum absolute atomic E-state index is 0.179. The monoisotopic (exact) mass is 218 g/mol. The van der Waals surface area contributed by atoms with Gasteiger partial charge in [0.15, 0.2) is 0 Å². The number of rotatable bonds is 4. The van der Waals surface area contributed by atoms with Crippen molar-refractivity contribution in [1.82, 2.24) is 0 Å². The summed E-state index contributed by atoms with van der Waals surface area (Å²) in [5.41, 5.74) is 3.03. The number of hydrogen-bond acceptors (Lipinski definition) is 2. The van der Waals surface area contributed by atoms with Gasteiger partial charge in [-0.2, -0.15) is 0 Å². The fraction of sp³-hybridized carbons (Fsp3) is 0.357. The summed E-state index contributed by atoms with van der Waals surface area (Å²) in [5.74, 6) is -0.402. The number of carbonyl (C=O) groups is 1. The zero-order valence-electron chi connectivity index (χ0n) is 10.1. The van der Waals surface area contributed by atoms with E-state index in [2.05, 4.69) is 6.58 Å². The van der Waals surface area contributed by atoms with Crippen molar-refractivity contribution in [3.63, 3.8) is 0 Å². The Morgan fingerprint density at radius 1 is 1.50 bits per heavy atom. The molecule has 16 heavy (non-hydrogen) atoms. The van der Waals surface area contributed by atoms with Crippen LogP contribution in [-0.4, -0.2) is 12.6 Å². The highest BCUT2D eigenvalue weighted by Gasteiger charge is 2.16. The van der Waals surface area contributed by atoms with Gasteiger partial charge in [-0.05, 0) is 31.9 Å². The molecule has 0 fully saturated rings. The van der Waals surface area contributed by atoms with Gasteiger partial charge in [-0.3, -0.25) is 4.79 Å². The summed E-state index contributed by atoms with van der Waals surface area (Å²) in [6.07, 6.45) is 0. The van der Waals surface area contributed by atoms with E-state index in [9.17, 15) is 4.79 Å². The van der Waals surface area contributed by atoms with E-state index in [1.54, 1.807) is 0 Å². The van der Waals surface area contributed by atoms with Crippen LogP contribution in [-0.2, 0) is 9.53 Å². The molecule has 86 valence electrons. The van der Waals surface area contributed by atoms with Gasteiger partial charge in [0.2, 0.25) is 0 Å². The zero-order valence-corrected chi connectivity index (χ0v) is 10.1. The molecule has 1 aromatic rings. The Balaban J connectivity index is 2.91. The van der Waals surface area contributed by atoms with Crippen LogP contribution < -0.4 is 0 Å². The maximum Gasteiger partial charge on any atom is 0.313 e. The number of allylic oxidation sites excluding steroid dienone is 1. The molecule has 0 aliphatic carbocycles. The molecule has 1 atom stereocenters. The molecule has 1 unspecified atom stereocenters. The Morgan fingerprint density at radius 3 is 2.75 bits per heavy atom. The van der Waals surface area contributed by atoms with Gasteiger partial charge in [0.25, 0.3) is 0 Å². The van der Waals surface area contributed by atoms with Crippen LogP contribution in [0.5, 0.6) is 0 Å². The molecule has 0 saturated carbocycles. The molecule has 0 spiro atoms. The van der Waals surface area contributed by atoms with Gasteiger partial charge in [0.1, 0.15) is 0 Å². The molecule has 0 aliphatic heterocycles. The first-order valence-corrected chi connectivity index (χ1v) is 5.48. The second-order valence-corrected chi connectivity index (χ2v) is 3.88. The van der Waals surface area contributed by atoms with Crippen LogP contribution in [0.25, 0.3) is 5.57 Å². The molecule has 0 aromatic heterocycles. The molecule has 1 aromatic carbocycles. The number of benzene rings is 1. The topological polar surface area (TPSA) is 26.3 Å². The van der Waals surface area contributed by atoms with E-state index in [0.29, 0.717) is 6.61 Å². The molecule has 0 heterocycles. The normalized spacial score (nSPS) is 11.9. The Labute approximate surface area is 96.9 Å². The van der Waals surface area contributed by atoms with Gasteiger partial charge in [-0.25, -0.2) is 0 Å². The molecular formula is C14H18O2. The highest BCUT2D eigenvalue weighted by molar-refractivity contribution is 5.78. The van der Waals surface area contributed by atoms with Gasteiger partial charge >= 0.3 is 5.97 Å². The van der Waals surface area contributed by atoms with Crippen molar-refractivity contribution < 1.29 is 9.53 Å². The Hall–Kier alpha value is -1.57. The lowest BCUT2D eigenvalue weighted by Gasteiger charge is -2.12. The maximum absolute atomic E-state index is 11.6. The van der Waals surface area contributed by atoms with E-state index in [1.807, 2.05) is 45.0 Å². The Kier molecular flexibility index (Phi) is 4.29. The minimum Gasteiger partial charge on any atom is -0.466 e. The molecule has 0 radical (unpaired) electrons. The first-order valence-electron chi connectivity index (χ1n) is 5.48. The number of hydrogen-bond donors (Lipinski definition) is 0. The first-order chi connectivity index (χ1) is 7.56. The van der Waals surface area contributed by atoms with Crippen LogP contribution in [0.4, 0.5) is 0 Å². The third kappa shape index (κ3) is 2.96. The average Bonchev–Trinajstić information content (AvgIpc) is 2.28. The Bertz CT molecular complexity index is 393. The van der Waals surface area contributed by atoms with E-state index < -0.39 is 0 Å². The van der Waals surface area contributed by atoms with E-state index in [-0.39, 0.29) is 11.9 Å². The van der Waals surface area contributed by atoms with Crippen molar-refractivity contribution in [2.45, 2.75) is 26.7 Å². The van der Waals surface area contributed by atoms with E-state index in [1.165, 1.54) is 0 Å². The Morgan fingerprint density at radius 2 is 2.19 bits per heavy atom. The van der Waals surface area contributed by atoms with Crippen LogP contribution in [0.2, 0.25) is 0 Å². The molecule has 0 amide bonds. The lowest BCUT2D eigenvalue weighted by Crippen LogP contribution is -2.13. The zero-order chi connectivity index (χ0) is 12.1. The van der Waals surface area contributed by atoms with Crippen molar-refractivity contribution in [2.24, 2.45) is 0 Å². The second kappa shape index (κ2) is 5.50. The smallest absolute Gasteiger partial charge is 0.313 e. The lowest BCUT2D eigenvalue weighted by atomic mass is 9.97. The molecule has 2 nitrogen and oxygen atoms in total. The summed E-state index contributed by atoms with van der Waals surface area (Å²) in [7, 11) is 0. The molecule has 0 N–H and O–H groups in total. The summed E-state index contributed by atoms with van der Waals surface area (Å²) in [6, 6.07) is 7.86. The van der Waals surface area contributed by atoms with E-state index in [0.717, 1.165) is 16.7 Å². The van der Waals surface area contributed by atoms with Crippen LogP contribution in [0, 0.1) is 0 Å². The molecule has 0 saturated heterocycles. The van der Waals surface area contributed by atoms with Crippen molar-refractivity contribution in [3.05, 3.63) is 42.0 Å². The van der Waals surface area contributed by atoms with Gasteiger partial charge in [0, 0.05) is 0 Å². The number of carbonyl (C=O) groups excluding carboxylic acids is 1. The number of ether oxygens (including phenoxy) is 1. The van der Waals surface area contributed by atoms with Gasteiger partial charge in [0.05, 0.1) is 12.5 Å². The third-order valence-corrected chi connectivity index (χ3v) is 2.52. The summed E-state index contributed by atoms with van der Waals surface area (Å²) < 4.78 is 5.00. The summed E-state index contributed by atoms with van der Waals surface area (Å²) >= 11 is 0. The molecule has 0 bridgehead atoms. The van der Waals surface area contributed by atoms with E-state index >= 15 is 0 Å². The second-order valence-electron chi connectivity index (χ2n) is 3.88. The lowest BCUT2D eigenvalue weighted by molar-refractivity contribution is -0.144. The van der Waals surface area contributed by atoms with E-state index in [4.69, 9.17) is 4.74 Å². The summed E-state index contributed by atoms with van der Waals surface area (Å²) in [5, 5.41) is 0. The van der Waals surface area contributed by atoms with Crippen LogP contribution in [0.1, 0.15) is 37.8 Å². The average molecular weight is 218 g/mol. The SMILES string of the molecule is C=C(C)c1cccc(C(C)C(=O)OCC)c1. The molecule has 2 heteroatoms. The van der Waals surface area contributed by atoms with Crippen LogP contribution in [0.3, 0.4) is 0 Å². The predicted molar refractivity (Wildman–Crippen MR) is 66.2 cm³/mol. The first kappa shape index (κ1) is 12.5.